The van der Waals surface area contributed by atoms with Crippen molar-refractivity contribution in [3.63, 3.8) is 0 Å². The van der Waals surface area contributed by atoms with Crippen LogP contribution in [0.5, 0.6) is 0 Å². The van der Waals surface area contributed by atoms with E-state index in [-0.39, 0.29) is 17.8 Å². The summed E-state index contributed by atoms with van der Waals surface area (Å²) < 4.78 is 19.2. The first-order valence-electron chi connectivity index (χ1n) is 8.55. The summed E-state index contributed by atoms with van der Waals surface area (Å²) in [4.78, 5) is 20.1. The molecule has 0 radical (unpaired) electrons. The average molecular weight is 346 g/mol. The Morgan fingerprint density at radius 2 is 2.08 bits per heavy atom. The maximum Gasteiger partial charge on any atom is 0.244 e. The fourth-order valence-electron chi connectivity index (χ4n) is 3.05. The van der Waals surface area contributed by atoms with Crippen molar-refractivity contribution in [3.8, 4) is 11.4 Å². The summed E-state index contributed by atoms with van der Waals surface area (Å²) in [6.07, 6.45) is 0.911. The molecule has 7 heteroatoms. The Labute approximate surface area is 146 Å². The largest absolute Gasteiger partial charge is 0.342 e. The van der Waals surface area contributed by atoms with Crippen molar-refractivity contribution in [2.45, 2.75) is 33.2 Å². The number of aryl methyl sites for hydroxylation is 1. The molecule has 1 amide bonds. The number of aromatic nitrogens is 2. The maximum atomic E-state index is 13.7. The number of carbonyl (C=O) groups is 1. The van der Waals surface area contributed by atoms with Crippen molar-refractivity contribution in [1.29, 1.82) is 0 Å². The molecule has 1 atom stereocenters. The van der Waals surface area contributed by atoms with Crippen molar-refractivity contribution in [2.75, 3.05) is 26.2 Å². The molecule has 0 bridgehead atoms. The summed E-state index contributed by atoms with van der Waals surface area (Å²) in [6, 6.07) is 4.86. The Balaban J connectivity index is 1.73. The van der Waals surface area contributed by atoms with Crippen LogP contribution in [-0.2, 0) is 4.79 Å². The SMILES string of the molecule is CC(=O)N1CCCN(C(C)c2nc(-c3ccc(C)c(F)c3)no2)CC1. The standard InChI is InChI=1S/C18H23FN4O2/c1-12-5-6-15(11-16(12)19)17-20-18(25-21-17)13(2)22-7-4-8-23(10-9-22)14(3)24/h5-6,11,13H,4,7-10H2,1-3H3. The molecule has 1 aliphatic rings. The number of benzene rings is 1. The van der Waals surface area contributed by atoms with Crippen LogP contribution >= 0.6 is 0 Å². The molecule has 0 saturated carbocycles. The molecular formula is C18H23FN4O2. The Bertz CT molecular complexity index is 761. The molecule has 1 aliphatic heterocycles. The Hall–Kier alpha value is -2.28. The lowest BCUT2D eigenvalue weighted by atomic mass is 10.1. The monoisotopic (exact) mass is 346 g/mol. The Morgan fingerprint density at radius 3 is 2.80 bits per heavy atom. The minimum atomic E-state index is -0.284. The first-order valence-corrected chi connectivity index (χ1v) is 8.55. The molecule has 25 heavy (non-hydrogen) atoms. The minimum Gasteiger partial charge on any atom is -0.342 e. The summed E-state index contributed by atoms with van der Waals surface area (Å²) in [5.74, 6) is 0.720. The van der Waals surface area contributed by atoms with Gasteiger partial charge in [0.25, 0.3) is 0 Å². The third-order valence-corrected chi connectivity index (χ3v) is 4.75. The number of nitrogens with zero attached hydrogens (tertiary/aromatic N) is 4. The van der Waals surface area contributed by atoms with Crippen LogP contribution in [0.2, 0.25) is 0 Å². The van der Waals surface area contributed by atoms with E-state index in [0.717, 1.165) is 26.1 Å². The molecule has 2 heterocycles. The van der Waals surface area contributed by atoms with E-state index in [1.54, 1.807) is 26.0 Å². The number of hydrogen-bond acceptors (Lipinski definition) is 5. The Morgan fingerprint density at radius 1 is 1.28 bits per heavy atom. The summed E-state index contributed by atoms with van der Waals surface area (Å²) in [7, 11) is 0. The quantitative estimate of drug-likeness (QED) is 0.855. The van der Waals surface area contributed by atoms with Gasteiger partial charge in [0.05, 0.1) is 6.04 Å². The van der Waals surface area contributed by atoms with Gasteiger partial charge in [-0.05, 0) is 31.9 Å². The molecular weight excluding hydrogens is 323 g/mol. The minimum absolute atomic E-state index is 0.0524. The molecule has 0 aliphatic carbocycles. The van der Waals surface area contributed by atoms with E-state index < -0.39 is 0 Å². The normalized spacial score (nSPS) is 17.4. The van der Waals surface area contributed by atoms with Gasteiger partial charge < -0.3 is 9.42 Å². The first kappa shape index (κ1) is 17.5. The smallest absolute Gasteiger partial charge is 0.244 e. The van der Waals surface area contributed by atoms with Crippen LogP contribution < -0.4 is 0 Å². The lowest BCUT2D eigenvalue weighted by molar-refractivity contribution is -0.128. The summed E-state index contributed by atoms with van der Waals surface area (Å²) >= 11 is 0. The maximum absolute atomic E-state index is 13.7. The molecule has 1 aromatic heterocycles. The predicted octanol–water partition coefficient (Wildman–Crippen LogP) is 2.80. The van der Waals surface area contributed by atoms with E-state index in [9.17, 15) is 9.18 Å². The van der Waals surface area contributed by atoms with E-state index in [4.69, 9.17) is 4.52 Å². The van der Waals surface area contributed by atoms with Gasteiger partial charge in [0.15, 0.2) is 0 Å². The van der Waals surface area contributed by atoms with Crippen LogP contribution in [-0.4, -0.2) is 52.0 Å². The molecule has 0 spiro atoms. The molecule has 6 nitrogen and oxygen atoms in total. The van der Waals surface area contributed by atoms with Gasteiger partial charge in [-0.25, -0.2) is 4.39 Å². The number of rotatable bonds is 3. The zero-order valence-corrected chi connectivity index (χ0v) is 14.8. The van der Waals surface area contributed by atoms with Crippen LogP contribution in [0.3, 0.4) is 0 Å². The number of carbonyl (C=O) groups excluding carboxylic acids is 1. The average Bonchev–Trinajstić information content (AvgIpc) is 2.94. The van der Waals surface area contributed by atoms with Gasteiger partial charge in [-0.3, -0.25) is 9.69 Å². The number of amides is 1. The van der Waals surface area contributed by atoms with Gasteiger partial charge >= 0.3 is 0 Å². The number of halogens is 1. The molecule has 2 aromatic rings. The number of hydrogen-bond donors (Lipinski definition) is 0. The molecule has 1 saturated heterocycles. The van der Waals surface area contributed by atoms with Crippen molar-refractivity contribution < 1.29 is 13.7 Å². The second-order valence-corrected chi connectivity index (χ2v) is 6.49. The van der Waals surface area contributed by atoms with E-state index in [2.05, 4.69) is 15.0 Å². The highest BCUT2D eigenvalue weighted by atomic mass is 19.1. The van der Waals surface area contributed by atoms with Crippen molar-refractivity contribution >= 4 is 5.91 Å². The van der Waals surface area contributed by atoms with Gasteiger partial charge in [0.2, 0.25) is 17.6 Å². The highest BCUT2D eigenvalue weighted by Gasteiger charge is 2.25. The van der Waals surface area contributed by atoms with Crippen molar-refractivity contribution in [1.82, 2.24) is 19.9 Å². The lowest BCUT2D eigenvalue weighted by Gasteiger charge is -2.24. The third kappa shape index (κ3) is 3.87. The van der Waals surface area contributed by atoms with Gasteiger partial charge in [0, 0.05) is 38.7 Å². The van der Waals surface area contributed by atoms with Crippen LogP contribution in [0.1, 0.15) is 37.8 Å². The predicted molar refractivity (Wildman–Crippen MR) is 91.3 cm³/mol. The molecule has 1 fully saturated rings. The lowest BCUT2D eigenvalue weighted by Crippen LogP contribution is -2.34. The summed E-state index contributed by atoms with van der Waals surface area (Å²) in [5.41, 5.74) is 1.18. The van der Waals surface area contributed by atoms with Gasteiger partial charge in [0.1, 0.15) is 5.82 Å². The molecule has 1 aromatic carbocycles. The second kappa shape index (κ2) is 7.31. The highest BCUT2D eigenvalue weighted by molar-refractivity contribution is 5.73. The topological polar surface area (TPSA) is 62.5 Å². The van der Waals surface area contributed by atoms with E-state index >= 15 is 0 Å². The molecule has 134 valence electrons. The van der Waals surface area contributed by atoms with E-state index in [0.29, 0.717) is 29.4 Å². The molecule has 0 N–H and O–H groups in total. The molecule has 3 rings (SSSR count). The third-order valence-electron chi connectivity index (χ3n) is 4.75. The van der Waals surface area contributed by atoms with Crippen LogP contribution in [0.25, 0.3) is 11.4 Å². The van der Waals surface area contributed by atoms with Crippen molar-refractivity contribution in [3.05, 3.63) is 35.5 Å². The van der Waals surface area contributed by atoms with E-state index in [1.807, 2.05) is 11.8 Å². The fraction of sp³-hybridized carbons (Fsp3) is 0.500. The van der Waals surface area contributed by atoms with Crippen LogP contribution in [0.4, 0.5) is 4.39 Å². The zero-order chi connectivity index (χ0) is 18.0. The Kier molecular flexibility index (Phi) is 5.13. The highest BCUT2D eigenvalue weighted by Crippen LogP contribution is 2.24. The summed E-state index contributed by atoms with van der Waals surface area (Å²) in [5, 5.41) is 4.00. The van der Waals surface area contributed by atoms with E-state index in [1.165, 1.54) is 6.07 Å². The van der Waals surface area contributed by atoms with Gasteiger partial charge in [-0.1, -0.05) is 17.3 Å². The fourth-order valence-corrected chi connectivity index (χ4v) is 3.05. The van der Waals surface area contributed by atoms with Gasteiger partial charge in [-0.15, -0.1) is 0 Å². The first-order chi connectivity index (χ1) is 12.0. The van der Waals surface area contributed by atoms with Gasteiger partial charge in [-0.2, -0.15) is 4.98 Å². The van der Waals surface area contributed by atoms with Crippen LogP contribution in [0, 0.1) is 12.7 Å². The molecule has 1 unspecified atom stereocenters. The van der Waals surface area contributed by atoms with Crippen LogP contribution in [0.15, 0.2) is 22.7 Å². The zero-order valence-electron chi connectivity index (χ0n) is 14.8. The van der Waals surface area contributed by atoms with Crippen molar-refractivity contribution in [2.24, 2.45) is 0 Å². The summed E-state index contributed by atoms with van der Waals surface area (Å²) in [6.45, 7) is 8.42. The second-order valence-electron chi connectivity index (χ2n) is 6.49.